The third kappa shape index (κ3) is 3.22. The molecule has 0 spiro atoms. The number of benzene rings is 1. The molecule has 0 saturated heterocycles. The van der Waals surface area contributed by atoms with E-state index in [1.165, 1.54) is 15.8 Å². The van der Waals surface area contributed by atoms with Crippen LogP contribution in [0.4, 0.5) is 0 Å². The standard InChI is InChI=1S/C19H23N3OS/c1-12(19-13(2)24-14(3)21-19)22(4)18(23)10-9-15-11-20-17-8-6-5-7-16(15)17/h5-8,11-12,20H,9-10H2,1-4H3/t12-/m1/s1. The van der Waals surface area contributed by atoms with Crippen LogP contribution in [0.15, 0.2) is 30.5 Å². The Balaban J connectivity index is 1.67. The monoisotopic (exact) mass is 341 g/mol. The maximum Gasteiger partial charge on any atom is 0.223 e. The Hall–Kier alpha value is -2.14. The van der Waals surface area contributed by atoms with Crippen LogP contribution in [0.1, 0.15) is 40.5 Å². The first-order valence-electron chi connectivity index (χ1n) is 8.22. The second-order valence-corrected chi connectivity index (χ2v) is 7.62. The number of hydrogen-bond donors (Lipinski definition) is 1. The topological polar surface area (TPSA) is 49.0 Å². The van der Waals surface area contributed by atoms with E-state index in [1.807, 2.05) is 44.1 Å². The molecule has 5 heteroatoms. The molecule has 24 heavy (non-hydrogen) atoms. The zero-order valence-corrected chi connectivity index (χ0v) is 15.4. The third-order valence-corrected chi connectivity index (χ3v) is 5.49. The number of para-hydroxylation sites is 1. The molecule has 3 rings (SSSR count). The number of carbonyl (C=O) groups is 1. The minimum atomic E-state index is 0.00502. The number of H-pyrrole nitrogens is 1. The van der Waals surface area contributed by atoms with E-state index in [9.17, 15) is 4.79 Å². The fourth-order valence-corrected chi connectivity index (χ4v) is 4.00. The largest absolute Gasteiger partial charge is 0.361 e. The normalized spacial score (nSPS) is 12.5. The van der Waals surface area contributed by atoms with Crippen molar-refractivity contribution < 1.29 is 4.79 Å². The van der Waals surface area contributed by atoms with E-state index < -0.39 is 0 Å². The van der Waals surface area contributed by atoms with Crippen LogP contribution in [-0.4, -0.2) is 27.8 Å². The number of fused-ring (bicyclic) bond motifs is 1. The second-order valence-electron chi connectivity index (χ2n) is 6.21. The molecule has 0 aliphatic carbocycles. The van der Waals surface area contributed by atoms with Gasteiger partial charge in [-0.1, -0.05) is 18.2 Å². The van der Waals surface area contributed by atoms with Gasteiger partial charge in [0, 0.05) is 35.4 Å². The molecule has 126 valence electrons. The fraction of sp³-hybridized carbons (Fsp3) is 0.368. The summed E-state index contributed by atoms with van der Waals surface area (Å²) in [6.45, 7) is 6.12. The van der Waals surface area contributed by atoms with Gasteiger partial charge in [-0.2, -0.15) is 0 Å². The van der Waals surface area contributed by atoms with Crippen molar-refractivity contribution in [3.63, 3.8) is 0 Å². The number of carbonyl (C=O) groups excluding carboxylic acids is 1. The molecule has 0 unspecified atom stereocenters. The van der Waals surface area contributed by atoms with Gasteiger partial charge >= 0.3 is 0 Å². The number of aryl methyl sites for hydroxylation is 3. The minimum Gasteiger partial charge on any atom is -0.361 e. The van der Waals surface area contributed by atoms with E-state index in [0.29, 0.717) is 6.42 Å². The Bertz CT molecular complexity index is 865. The van der Waals surface area contributed by atoms with Crippen molar-refractivity contribution in [2.75, 3.05) is 7.05 Å². The quantitative estimate of drug-likeness (QED) is 0.748. The van der Waals surface area contributed by atoms with Crippen molar-refractivity contribution in [1.82, 2.24) is 14.9 Å². The zero-order chi connectivity index (χ0) is 17.3. The molecule has 0 bridgehead atoms. The van der Waals surface area contributed by atoms with Crippen LogP contribution < -0.4 is 0 Å². The number of nitrogens with one attached hydrogen (secondary N) is 1. The van der Waals surface area contributed by atoms with Gasteiger partial charge in [-0.05, 0) is 38.8 Å². The summed E-state index contributed by atoms with van der Waals surface area (Å²) < 4.78 is 0. The van der Waals surface area contributed by atoms with Gasteiger partial charge in [0.25, 0.3) is 0 Å². The van der Waals surface area contributed by atoms with E-state index in [2.05, 4.69) is 29.0 Å². The lowest BCUT2D eigenvalue weighted by Crippen LogP contribution is -2.30. The summed E-state index contributed by atoms with van der Waals surface area (Å²) in [6, 6.07) is 8.21. The Kier molecular flexibility index (Phi) is 4.71. The number of nitrogens with zero attached hydrogens (tertiary/aromatic N) is 2. The molecule has 1 aromatic carbocycles. The molecule has 0 aliphatic heterocycles. The van der Waals surface area contributed by atoms with Crippen LogP contribution >= 0.6 is 11.3 Å². The number of rotatable bonds is 5. The Morgan fingerprint density at radius 3 is 2.79 bits per heavy atom. The van der Waals surface area contributed by atoms with Crippen LogP contribution in [-0.2, 0) is 11.2 Å². The van der Waals surface area contributed by atoms with Crippen LogP contribution in [0.25, 0.3) is 10.9 Å². The highest BCUT2D eigenvalue weighted by Crippen LogP contribution is 2.27. The Morgan fingerprint density at radius 2 is 2.08 bits per heavy atom. The van der Waals surface area contributed by atoms with E-state index in [0.717, 1.165) is 22.6 Å². The number of amides is 1. The maximum atomic E-state index is 12.6. The zero-order valence-electron chi connectivity index (χ0n) is 14.6. The van der Waals surface area contributed by atoms with Crippen molar-refractivity contribution >= 4 is 28.1 Å². The van der Waals surface area contributed by atoms with Gasteiger partial charge in [0.2, 0.25) is 5.91 Å². The number of aromatic amines is 1. The van der Waals surface area contributed by atoms with Gasteiger partial charge in [0.05, 0.1) is 16.7 Å². The lowest BCUT2D eigenvalue weighted by atomic mass is 10.1. The van der Waals surface area contributed by atoms with Gasteiger partial charge in [-0.25, -0.2) is 4.98 Å². The van der Waals surface area contributed by atoms with E-state index in [4.69, 9.17) is 0 Å². The summed E-state index contributed by atoms with van der Waals surface area (Å²) in [5.74, 6) is 0.151. The summed E-state index contributed by atoms with van der Waals surface area (Å²) >= 11 is 1.69. The number of aromatic nitrogens is 2. The van der Waals surface area contributed by atoms with E-state index >= 15 is 0 Å². The van der Waals surface area contributed by atoms with Crippen molar-refractivity contribution in [3.05, 3.63) is 51.6 Å². The van der Waals surface area contributed by atoms with Gasteiger partial charge in [0.15, 0.2) is 0 Å². The predicted molar refractivity (Wildman–Crippen MR) is 99.4 cm³/mol. The van der Waals surface area contributed by atoms with Crippen molar-refractivity contribution in [2.24, 2.45) is 0 Å². The molecule has 0 radical (unpaired) electrons. The SMILES string of the molecule is Cc1nc([C@@H](C)N(C)C(=O)CCc2c[nH]c3ccccc23)c(C)s1. The predicted octanol–water partition coefficient (Wildman–Crippen LogP) is 4.39. The van der Waals surface area contributed by atoms with Crippen molar-refractivity contribution in [1.29, 1.82) is 0 Å². The molecule has 0 saturated carbocycles. The average Bonchev–Trinajstić information content (AvgIpc) is 3.14. The number of thiazole rings is 1. The van der Waals surface area contributed by atoms with Crippen LogP contribution in [0.5, 0.6) is 0 Å². The molecule has 1 N–H and O–H groups in total. The van der Waals surface area contributed by atoms with Crippen molar-refractivity contribution in [3.8, 4) is 0 Å². The molecule has 2 aromatic heterocycles. The highest BCUT2D eigenvalue weighted by molar-refractivity contribution is 7.11. The van der Waals surface area contributed by atoms with Gasteiger partial charge < -0.3 is 9.88 Å². The summed E-state index contributed by atoms with van der Waals surface area (Å²) in [6.07, 6.45) is 3.26. The van der Waals surface area contributed by atoms with Gasteiger partial charge in [0.1, 0.15) is 0 Å². The minimum absolute atomic E-state index is 0.00502. The molecular formula is C19H23N3OS. The molecule has 1 atom stereocenters. The third-order valence-electron chi connectivity index (χ3n) is 4.59. The Morgan fingerprint density at radius 1 is 1.33 bits per heavy atom. The molecule has 4 nitrogen and oxygen atoms in total. The van der Waals surface area contributed by atoms with Crippen molar-refractivity contribution in [2.45, 2.75) is 39.7 Å². The fourth-order valence-electron chi connectivity index (χ4n) is 3.09. The lowest BCUT2D eigenvalue weighted by molar-refractivity contribution is -0.131. The molecule has 0 fully saturated rings. The molecule has 0 aliphatic rings. The first kappa shape index (κ1) is 16.7. The maximum absolute atomic E-state index is 12.6. The smallest absolute Gasteiger partial charge is 0.223 e. The summed E-state index contributed by atoms with van der Waals surface area (Å²) in [7, 11) is 1.87. The second kappa shape index (κ2) is 6.77. The Labute approximate surface area is 146 Å². The molecule has 3 aromatic rings. The highest BCUT2D eigenvalue weighted by Gasteiger charge is 2.21. The summed E-state index contributed by atoms with van der Waals surface area (Å²) in [5.41, 5.74) is 3.33. The van der Waals surface area contributed by atoms with Crippen LogP contribution in [0.2, 0.25) is 0 Å². The first-order chi connectivity index (χ1) is 11.5. The van der Waals surface area contributed by atoms with Crippen LogP contribution in [0.3, 0.4) is 0 Å². The van der Waals surface area contributed by atoms with Crippen LogP contribution in [0, 0.1) is 13.8 Å². The summed E-state index contributed by atoms with van der Waals surface area (Å²) in [4.78, 5) is 23.5. The average molecular weight is 341 g/mol. The van der Waals surface area contributed by atoms with E-state index in [1.54, 1.807) is 11.3 Å². The summed E-state index contributed by atoms with van der Waals surface area (Å²) in [5, 5.41) is 2.25. The van der Waals surface area contributed by atoms with Gasteiger partial charge in [-0.15, -0.1) is 11.3 Å². The highest BCUT2D eigenvalue weighted by atomic mass is 32.1. The lowest BCUT2D eigenvalue weighted by Gasteiger charge is -2.24. The molecule has 2 heterocycles. The number of hydrogen-bond acceptors (Lipinski definition) is 3. The molecular weight excluding hydrogens is 318 g/mol. The van der Waals surface area contributed by atoms with E-state index in [-0.39, 0.29) is 11.9 Å². The van der Waals surface area contributed by atoms with Gasteiger partial charge in [-0.3, -0.25) is 4.79 Å². The molecule has 1 amide bonds. The first-order valence-corrected chi connectivity index (χ1v) is 9.03.